The molecule has 3 rings (SSSR count). The summed E-state index contributed by atoms with van der Waals surface area (Å²) in [6, 6.07) is 12.4. The van der Waals surface area contributed by atoms with Gasteiger partial charge in [-0.3, -0.25) is 9.69 Å². The lowest BCUT2D eigenvalue weighted by molar-refractivity contribution is 0.0355. The molecule has 0 bridgehead atoms. The summed E-state index contributed by atoms with van der Waals surface area (Å²) in [4.78, 5) is 17.8. The molecule has 1 amide bonds. The molecule has 5 nitrogen and oxygen atoms in total. The minimum atomic E-state index is 0.126. The fourth-order valence-electron chi connectivity index (χ4n) is 4.17. The van der Waals surface area contributed by atoms with E-state index in [2.05, 4.69) is 34.6 Å². The minimum absolute atomic E-state index is 0.126. The molecule has 0 unspecified atom stereocenters. The van der Waals surface area contributed by atoms with Crippen molar-refractivity contribution < 1.29 is 9.53 Å². The van der Waals surface area contributed by atoms with Crippen molar-refractivity contribution in [2.45, 2.75) is 52.0 Å². The zero-order valence-electron chi connectivity index (χ0n) is 19.4. The lowest BCUT2D eigenvalue weighted by atomic mass is 10.0. The summed E-state index contributed by atoms with van der Waals surface area (Å²) in [5.74, 6) is 0.126. The molecule has 5 heteroatoms. The lowest BCUT2D eigenvalue weighted by Crippen LogP contribution is -2.39. The Bertz CT molecular complexity index is 778. The van der Waals surface area contributed by atoms with Crippen LogP contribution >= 0.6 is 0 Å². The van der Waals surface area contributed by atoms with Crippen LogP contribution in [0.25, 0.3) is 0 Å². The highest BCUT2D eigenvalue weighted by molar-refractivity contribution is 5.94. The molecule has 170 valence electrons. The molecule has 2 heterocycles. The molecule has 2 aromatic rings. The Balaban J connectivity index is 1.59. The van der Waals surface area contributed by atoms with E-state index >= 15 is 0 Å². The van der Waals surface area contributed by atoms with Crippen molar-refractivity contribution in [1.82, 2.24) is 14.4 Å². The molecule has 1 aliphatic heterocycles. The van der Waals surface area contributed by atoms with Crippen molar-refractivity contribution in [3.63, 3.8) is 0 Å². The molecule has 1 aromatic heterocycles. The maximum atomic E-state index is 13.4. The Labute approximate surface area is 188 Å². The predicted molar refractivity (Wildman–Crippen MR) is 126 cm³/mol. The summed E-state index contributed by atoms with van der Waals surface area (Å²) in [5.41, 5.74) is 3.28. The summed E-state index contributed by atoms with van der Waals surface area (Å²) < 4.78 is 7.54. The largest absolute Gasteiger partial charge is 0.379 e. The van der Waals surface area contributed by atoms with Crippen LogP contribution in [0.5, 0.6) is 0 Å². The number of hydrogen-bond acceptors (Lipinski definition) is 3. The fourth-order valence-corrected chi connectivity index (χ4v) is 4.17. The van der Waals surface area contributed by atoms with Gasteiger partial charge in [-0.1, -0.05) is 38.3 Å². The van der Waals surface area contributed by atoms with Crippen LogP contribution in [-0.4, -0.2) is 59.7 Å². The number of aromatic nitrogens is 1. The third-order valence-corrected chi connectivity index (χ3v) is 6.22. The predicted octanol–water partition coefficient (Wildman–Crippen LogP) is 4.51. The lowest BCUT2D eigenvalue weighted by Gasteiger charge is -2.28. The Morgan fingerprint density at radius 2 is 1.81 bits per heavy atom. The third-order valence-electron chi connectivity index (χ3n) is 6.22. The van der Waals surface area contributed by atoms with Crippen LogP contribution in [0.15, 0.2) is 42.6 Å². The summed E-state index contributed by atoms with van der Waals surface area (Å²) in [7, 11) is 2.04. The van der Waals surface area contributed by atoms with E-state index in [-0.39, 0.29) is 5.91 Å². The number of amides is 1. The number of nitrogens with zero attached hydrogens (tertiary/aromatic N) is 3. The second-order valence-electron chi connectivity index (χ2n) is 8.65. The average molecular weight is 426 g/mol. The van der Waals surface area contributed by atoms with Gasteiger partial charge in [-0.25, -0.2) is 0 Å². The number of carbonyl (C=O) groups excluding carboxylic acids is 1. The van der Waals surface area contributed by atoms with Gasteiger partial charge in [0.2, 0.25) is 0 Å². The van der Waals surface area contributed by atoms with Gasteiger partial charge in [0, 0.05) is 50.7 Å². The molecular formula is C26H39N3O2. The van der Waals surface area contributed by atoms with E-state index in [0.29, 0.717) is 6.54 Å². The number of carbonyl (C=O) groups is 1. The van der Waals surface area contributed by atoms with E-state index in [1.54, 1.807) is 0 Å². The molecule has 0 saturated carbocycles. The summed E-state index contributed by atoms with van der Waals surface area (Å²) in [6.45, 7) is 8.27. The Morgan fingerprint density at radius 1 is 1.03 bits per heavy atom. The molecule has 1 saturated heterocycles. The normalized spacial score (nSPS) is 14.6. The van der Waals surface area contributed by atoms with Crippen LogP contribution in [0.1, 0.15) is 60.6 Å². The van der Waals surface area contributed by atoms with Crippen molar-refractivity contribution in [2.24, 2.45) is 7.05 Å². The number of hydrogen-bond donors (Lipinski definition) is 0. The molecule has 1 aliphatic rings. The quantitative estimate of drug-likeness (QED) is 0.470. The van der Waals surface area contributed by atoms with Crippen LogP contribution in [0.4, 0.5) is 0 Å². The highest BCUT2D eigenvalue weighted by Crippen LogP contribution is 2.14. The zero-order valence-corrected chi connectivity index (χ0v) is 19.4. The number of morpholine rings is 1. The monoisotopic (exact) mass is 425 g/mol. The van der Waals surface area contributed by atoms with Gasteiger partial charge in [0.25, 0.3) is 5.91 Å². The Morgan fingerprint density at radius 3 is 2.48 bits per heavy atom. The molecule has 1 fully saturated rings. The van der Waals surface area contributed by atoms with Gasteiger partial charge >= 0.3 is 0 Å². The van der Waals surface area contributed by atoms with Gasteiger partial charge in [0.05, 0.1) is 19.8 Å². The van der Waals surface area contributed by atoms with Gasteiger partial charge in [-0.2, -0.15) is 0 Å². The average Bonchev–Trinajstić information content (AvgIpc) is 3.21. The van der Waals surface area contributed by atoms with E-state index in [1.165, 1.54) is 31.2 Å². The second kappa shape index (κ2) is 12.7. The molecule has 0 atom stereocenters. The first-order valence-corrected chi connectivity index (χ1v) is 12.0. The fraction of sp³-hybridized carbons (Fsp3) is 0.577. The van der Waals surface area contributed by atoms with Crippen molar-refractivity contribution in [1.29, 1.82) is 0 Å². The molecule has 0 aliphatic carbocycles. The van der Waals surface area contributed by atoms with Crippen LogP contribution in [0.2, 0.25) is 0 Å². The van der Waals surface area contributed by atoms with Gasteiger partial charge in [-0.05, 0) is 49.1 Å². The topological polar surface area (TPSA) is 37.7 Å². The Hall–Kier alpha value is -2.11. The van der Waals surface area contributed by atoms with Crippen molar-refractivity contribution in [3.05, 3.63) is 59.4 Å². The van der Waals surface area contributed by atoms with Crippen LogP contribution in [0, 0.1) is 0 Å². The summed E-state index contributed by atoms with van der Waals surface area (Å²) in [6.07, 6.45) is 9.18. The highest BCUT2D eigenvalue weighted by Gasteiger charge is 2.18. The highest BCUT2D eigenvalue weighted by atomic mass is 16.5. The molecule has 31 heavy (non-hydrogen) atoms. The van der Waals surface area contributed by atoms with Gasteiger partial charge < -0.3 is 14.2 Å². The SMILES string of the molecule is CCCCCCc1ccc(C(=O)N(CCCN2CCOCC2)Cc2cccn2C)cc1. The van der Waals surface area contributed by atoms with Crippen LogP contribution < -0.4 is 0 Å². The van der Waals surface area contributed by atoms with E-state index in [9.17, 15) is 4.79 Å². The van der Waals surface area contributed by atoms with Crippen molar-refractivity contribution >= 4 is 5.91 Å². The maximum absolute atomic E-state index is 13.4. The van der Waals surface area contributed by atoms with Crippen molar-refractivity contribution in [3.8, 4) is 0 Å². The molecule has 0 N–H and O–H groups in total. The molecular weight excluding hydrogens is 386 g/mol. The second-order valence-corrected chi connectivity index (χ2v) is 8.65. The number of ether oxygens (including phenoxy) is 1. The number of rotatable bonds is 12. The standard InChI is InChI=1S/C26H39N3O2/c1-3-4-5-6-9-23-11-13-24(14-12-23)26(30)29(22-25-10-7-15-27(25)2)17-8-16-28-18-20-31-21-19-28/h7,10-15H,3-6,8-9,16-22H2,1-2H3. The van der Waals surface area contributed by atoms with Crippen molar-refractivity contribution in [2.75, 3.05) is 39.4 Å². The van der Waals surface area contributed by atoms with Crippen LogP contribution in [0.3, 0.4) is 0 Å². The molecule has 0 radical (unpaired) electrons. The van der Waals surface area contributed by atoms with E-state index < -0.39 is 0 Å². The van der Waals surface area contributed by atoms with Gasteiger partial charge in [0.1, 0.15) is 0 Å². The molecule has 1 aromatic carbocycles. The Kier molecular flexibility index (Phi) is 9.63. The summed E-state index contributed by atoms with van der Waals surface area (Å²) in [5, 5.41) is 0. The van der Waals surface area contributed by atoms with Gasteiger partial charge in [0.15, 0.2) is 0 Å². The first kappa shape index (κ1) is 23.6. The van der Waals surface area contributed by atoms with E-state index in [1.807, 2.05) is 36.3 Å². The molecule has 0 spiro atoms. The van der Waals surface area contributed by atoms with E-state index in [4.69, 9.17) is 4.74 Å². The maximum Gasteiger partial charge on any atom is 0.254 e. The van der Waals surface area contributed by atoms with Crippen LogP contribution in [-0.2, 0) is 24.8 Å². The zero-order chi connectivity index (χ0) is 21.9. The first-order chi connectivity index (χ1) is 15.2. The summed E-state index contributed by atoms with van der Waals surface area (Å²) >= 11 is 0. The third kappa shape index (κ3) is 7.51. The van der Waals surface area contributed by atoms with Gasteiger partial charge in [-0.15, -0.1) is 0 Å². The van der Waals surface area contributed by atoms with E-state index in [0.717, 1.165) is 63.5 Å². The number of aryl methyl sites for hydroxylation is 2. The first-order valence-electron chi connectivity index (χ1n) is 12.0. The number of benzene rings is 1. The minimum Gasteiger partial charge on any atom is -0.379 e. The number of unbranched alkanes of at least 4 members (excludes halogenated alkanes) is 3. The smallest absolute Gasteiger partial charge is 0.254 e.